The summed E-state index contributed by atoms with van der Waals surface area (Å²) in [6.07, 6.45) is -0.138. The van der Waals surface area contributed by atoms with Gasteiger partial charge in [-0.05, 0) is 43.6 Å². The van der Waals surface area contributed by atoms with Crippen molar-refractivity contribution in [3.05, 3.63) is 68.0 Å². The molecule has 3 rings (SSSR count). The molecule has 1 fully saturated rings. The molecular weight excluding hydrogens is 541 g/mol. The first-order chi connectivity index (χ1) is 17.7. The van der Waals surface area contributed by atoms with Gasteiger partial charge in [-0.3, -0.25) is 14.3 Å². The number of aromatic nitrogens is 2. The quantitative estimate of drug-likeness (QED) is 0.213. The van der Waals surface area contributed by atoms with E-state index in [1.165, 1.54) is 10.8 Å². The van der Waals surface area contributed by atoms with Crippen molar-refractivity contribution in [2.45, 2.75) is 89.8 Å². The van der Waals surface area contributed by atoms with Crippen molar-refractivity contribution < 1.29 is 18.7 Å². The Bertz CT molecular complexity index is 1240. The van der Waals surface area contributed by atoms with Gasteiger partial charge in [0.2, 0.25) is 0 Å². The van der Waals surface area contributed by atoms with E-state index < -0.39 is 44.0 Å². The summed E-state index contributed by atoms with van der Waals surface area (Å²) in [7, 11) is 1.36. The number of carbonyl (C=O) groups is 1. The van der Waals surface area contributed by atoms with Crippen molar-refractivity contribution in [3.8, 4) is 0 Å². The van der Waals surface area contributed by atoms with Crippen molar-refractivity contribution in [2.75, 3.05) is 12.4 Å². The van der Waals surface area contributed by atoms with Crippen LogP contribution in [0.4, 0.5) is 0 Å². The highest BCUT2D eigenvalue weighted by atomic mass is 33.1. The molecule has 0 radical (unpaired) electrons. The van der Waals surface area contributed by atoms with E-state index in [0.717, 1.165) is 11.3 Å². The molecule has 1 saturated heterocycles. The summed E-state index contributed by atoms with van der Waals surface area (Å²) in [4.78, 5) is 40.3. The summed E-state index contributed by atoms with van der Waals surface area (Å²) >= 11 is 0. The van der Waals surface area contributed by atoms with Crippen molar-refractivity contribution in [1.82, 2.24) is 9.55 Å². The van der Waals surface area contributed by atoms with Gasteiger partial charge in [0.15, 0.2) is 8.32 Å². The molecule has 11 heteroatoms. The number of aryl methyl sites for hydroxylation is 1. The molecule has 1 aliphatic rings. The highest BCUT2D eigenvalue weighted by Gasteiger charge is 2.43. The molecule has 0 amide bonds. The molecule has 2 aromatic rings. The van der Waals surface area contributed by atoms with Gasteiger partial charge < -0.3 is 13.9 Å². The minimum Gasteiger partial charge on any atom is -0.456 e. The number of carbonyl (C=O) groups excluding carboxylic acids is 1. The van der Waals surface area contributed by atoms with Crippen LogP contribution < -0.4 is 11.2 Å². The molecule has 1 aromatic heterocycles. The first-order valence-corrected chi connectivity index (χ1v) is 18.2. The van der Waals surface area contributed by atoms with Gasteiger partial charge in [-0.2, -0.15) is 0 Å². The smallest absolute Gasteiger partial charge is 0.338 e. The number of nitrogens with one attached hydrogen (secondary N) is 1. The van der Waals surface area contributed by atoms with E-state index in [1.807, 2.05) is 18.2 Å². The van der Waals surface area contributed by atoms with Gasteiger partial charge in [-0.15, -0.1) is 0 Å². The largest absolute Gasteiger partial charge is 0.456 e. The highest BCUT2D eigenvalue weighted by molar-refractivity contribution is 8.76. The summed E-state index contributed by atoms with van der Waals surface area (Å²) in [6.45, 7) is 16.8. The third-order valence-corrected chi connectivity index (χ3v) is 14.7. The van der Waals surface area contributed by atoms with Crippen LogP contribution >= 0.6 is 21.6 Å². The zero-order valence-corrected chi connectivity index (χ0v) is 26.2. The van der Waals surface area contributed by atoms with Crippen molar-refractivity contribution in [1.29, 1.82) is 0 Å². The maximum atomic E-state index is 13.5. The standard InChI is InChI=1S/C27H40N2O6S2Si/c1-9-36-37-18(3)19-12-10-11-13-20(19)25(31)35-21-14-23(29-15-17(2)24(30)28-26(29)32)34-22(21)16-33-38(7,8)27(4,5)6/h10-13,15,18,21-23H,9,14,16H2,1-8H3,(H,28,30,32)/t18?,21-,22-,23-/m1/s1. The van der Waals surface area contributed by atoms with Gasteiger partial charge in [-0.25, -0.2) is 9.59 Å². The third-order valence-electron chi connectivity index (χ3n) is 7.26. The van der Waals surface area contributed by atoms with Crippen LogP contribution in [0.3, 0.4) is 0 Å². The first-order valence-electron chi connectivity index (χ1n) is 12.9. The molecule has 0 bridgehead atoms. The van der Waals surface area contributed by atoms with Crippen LogP contribution in [-0.2, 0) is 13.9 Å². The van der Waals surface area contributed by atoms with E-state index in [9.17, 15) is 14.4 Å². The number of hydrogen-bond acceptors (Lipinski definition) is 8. The maximum absolute atomic E-state index is 13.5. The Hall–Kier alpha value is -1.79. The Morgan fingerprint density at radius 2 is 1.95 bits per heavy atom. The summed E-state index contributed by atoms with van der Waals surface area (Å²) in [5, 5.41) is 0.101. The van der Waals surface area contributed by atoms with Crippen LogP contribution in [0.1, 0.15) is 74.0 Å². The summed E-state index contributed by atoms with van der Waals surface area (Å²) in [5.41, 5.74) is 0.837. The van der Waals surface area contributed by atoms with E-state index in [-0.39, 0.29) is 23.3 Å². The van der Waals surface area contributed by atoms with Crippen LogP contribution in [0.25, 0.3) is 0 Å². The molecule has 8 nitrogen and oxygen atoms in total. The van der Waals surface area contributed by atoms with Gasteiger partial charge in [0.1, 0.15) is 18.4 Å². The molecule has 2 heterocycles. The Labute approximate surface area is 233 Å². The summed E-state index contributed by atoms with van der Waals surface area (Å²) in [6, 6.07) is 7.50. The lowest BCUT2D eigenvalue weighted by molar-refractivity contribution is -0.0498. The second kappa shape index (κ2) is 12.6. The number of hydrogen-bond donors (Lipinski definition) is 1. The van der Waals surface area contributed by atoms with Crippen LogP contribution in [-0.4, -0.2) is 48.4 Å². The fourth-order valence-corrected chi connectivity index (χ4v) is 6.91. The van der Waals surface area contributed by atoms with Crippen LogP contribution in [0.5, 0.6) is 0 Å². The number of ether oxygens (including phenoxy) is 2. The van der Waals surface area contributed by atoms with Crippen molar-refractivity contribution >= 4 is 35.9 Å². The number of esters is 1. The Balaban J connectivity index is 1.87. The van der Waals surface area contributed by atoms with Gasteiger partial charge >= 0.3 is 11.7 Å². The number of nitrogens with zero attached hydrogens (tertiary/aromatic N) is 1. The van der Waals surface area contributed by atoms with Crippen LogP contribution in [0, 0.1) is 6.92 Å². The fourth-order valence-electron chi connectivity index (χ4n) is 3.91. The van der Waals surface area contributed by atoms with E-state index in [2.05, 4.69) is 52.7 Å². The Morgan fingerprint density at radius 3 is 2.61 bits per heavy atom. The van der Waals surface area contributed by atoms with Crippen molar-refractivity contribution in [3.63, 3.8) is 0 Å². The van der Waals surface area contributed by atoms with Gasteiger partial charge in [0, 0.05) is 29.2 Å². The minimum atomic E-state index is -2.11. The zero-order chi connectivity index (χ0) is 28.3. The Morgan fingerprint density at radius 1 is 1.26 bits per heavy atom. The van der Waals surface area contributed by atoms with Gasteiger partial charge in [0.25, 0.3) is 5.56 Å². The summed E-state index contributed by atoms with van der Waals surface area (Å²) < 4.78 is 20.1. The predicted octanol–water partition coefficient (Wildman–Crippen LogP) is 5.84. The van der Waals surface area contributed by atoms with Crippen LogP contribution in [0.2, 0.25) is 18.1 Å². The zero-order valence-electron chi connectivity index (χ0n) is 23.5. The molecule has 4 atom stereocenters. The van der Waals surface area contributed by atoms with Crippen LogP contribution in [0.15, 0.2) is 40.1 Å². The fraction of sp³-hybridized carbons (Fsp3) is 0.593. The number of rotatable bonds is 10. The van der Waals surface area contributed by atoms with E-state index in [4.69, 9.17) is 13.9 Å². The molecular formula is C27H40N2O6S2Si. The SMILES string of the molecule is CCSSC(C)c1ccccc1C(=O)O[C@@H]1C[C@H](n2cc(C)c(=O)[nH]c2=O)O[C@@H]1CO[Si](C)(C)C(C)(C)C. The van der Waals surface area contributed by atoms with Gasteiger partial charge in [-0.1, -0.05) is 67.5 Å². The number of H-pyrrole nitrogens is 1. The normalized spacial score (nSPS) is 20.9. The lowest BCUT2D eigenvalue weighted by Gasteiger charge is -2.37. The lowest BCUT2D eigenvalue weighted by Crippen LogP contribution is -2.44. The van der Waals surface area contributed by atoms with E-state index in [1.54, 1.807) is 34.6 Å². The molecule has 1 aliphatic heterocycles. The average Bonchev–Trinajstić information content (AvgIpc) is 3.24. The van der Waals surface area contributed by atoms with Gasteiger partial charge in [0.05, 0.1) is 12.2 Å². The highest BCUT2D eigenvalue weighted by Crippen LogP contribution is 2.40. The minimum absolute atomic E-state index is 0.00656. The second-order valence-electron chi connectivity index (χ2n) is 11.1. The van der Waals surface area contributed by atoms with E-state index in [0.29, 0.717) is 11.1 Å². The number of aromatic amines is 1. The Kier molecular flexibility index (Phi) is 10.2. The van der Waals surface area contributed by atoms with E-state index >= 15 is 0 Å². The molecule has 210 valence electrons. The molecule has 0 spiro atoms. The molecule has 1 aromatic carbocycles. The monoisotopic (exact) mass is 580 g/mol. The average molecular weight is 581 g/mol. The van der Waals surface area contributed by atoms with Crippen molar-refractivity contribution in [2.24, 2.45) is 0 Å². The molecule has 1 N–H and O–H groups in total. The molecule has 1 unspecified atom stereocenters. The first kappa shape index (κ1) is 30.7. The molecule has 0 aliphatic carbocycles. The predicted molar refractivity (Wildman–Crippen MR) is 158 cm³/mol. The summed E-state index contributed by atoms with van der Waals surface area (Å²) in [5.74, 6) is 0.549. The molecule has 38 heavy (non-hydrogen) atoms. The topological polar surface area (TPSA) is 99.6 Å². The maximum Gasteiger partial charge on any atom is 0.338 e. The molecule has 0 saturated carbocycles. The number of benzene rings is 1. The second-order valence-corrected chi connectivity index (χ2v) is 18.9. The lowest BCUT2D eigenvalue weighted by atomic mass is 10.0. The third kappa shape index (κ3) is 7.23.